The van der Waals surface area contributed by atoms with Crippen molar-refractivity contribution >= 4 is 0 Å². The maximum Gasteiger partial charge on any atom is 0.0197 e. The van der Waals surface area contributed by atoms with Crippen molar-refractivity contribution in [3.05, 3.63) is 0 Å². The topological polar surface area (TPSA) is 15.3 Å². The van der Waals surface area contributed by atoms with Gasteiger partial charge in [0.25, 0.3) is 0 Å². The van der Waals surface area contributed by atoms with Crippen LogP contribution in [-0.4, -0.2) is 36.6 Å². The Hall–Kier alpha value is -0.0800. The smallest absolute Gasteiger partial charge is 0.0197 e. The van der Waals surface area contributed by atoms with Crippen molar-refractivity contribution in [1.29, 1.82) is 0 Å². The third kappa shape index (κ3) is 2.91. The van der Waals surface area contributed by atoms with Crippen molar-refractivity contribution in [3.63, 3.8) is 0 Å². The number of hydrogen-bond donors (Lipinski definition) is 1. The predicted octanol–water partition coefficient (Wildman–Crippen LogP) is 3.03. The van der Waals surface area contributed by atoms with Crippen molar-refractivity contribution in [2.75, 3.05) is 13.6 Å². The molecule has 2 aliphatic carbocycles. The van der Waals surface area contributed by atoms with E-state index in [2.05, 4.69) is 24.2 Å². The van der Waals surface area contributed by atoms with E-state index >= 15 is 0 Å². The Morgan fingerprint density at radius 3 is 2.61 bits per heavy atom. The fourth-order valence-corrected chi connectivity index (χ4v) is 4.17. The van der Waals surface area contributed by atoms with Crippen LogP contribution < -0.4 is 5.32 Å². The zero-order valence-corrected chi connectivity index (χ0v) is 12.2. The molecule has 104 valence electrons. The van der Waals surface area contributed by atoms with Crippen molar-refractivity contribution in [2.45, 2.75) is 76.4 Å². The Labute approximate surface area is 113 Å². The molecule has 1 aliphatic heterocycles. The molecule has 0 amide bonds. The van der Waals surface area contributed by atoms with E-state index in [4.69, 9.17) is 0 Å². The molecule has 18 heavy (non-hydrogen) atoms. The standard InChI is InChI=1S/C16H30N2/c1-12(13-7-8-13)18(2)11-15-10-9-14-5-3-4-6-16(14)17-15/h12-17H,3-11H2,1-2H3. The van der Waals surface area contributed by atoms with E-state index in [1.165, 1.54) is 57.9 Å². The van der Waals surface area contributed by atoms with Crippen LogP contribution in [0.4, 0.5) is 0 Å². The molecule has 0 spiro atoms. The molecule has 3 fully saturated rings. The van der Waals surface area contributed by atoms with Gasteiger partial charge in [-0.1, -0.05) is 12.8 Å². The van der Waals surface area contributed by atoms with Gasteiger partial charge in [-0.2, -0.15) is 0 Å². The van der Waals surface area contributed by atoms with Gasteiger partial charge in [-0.05, 0) is 64.3 Å². The van der Waals surface area contributed by atoms with Crippen LogP contribution in [0.25, 0.3) is 0 Å². The van der Waals surface area contributed by atoms with E-state index in [1.807, 2.05) is 0 Å². The van der Waals surface area contributed by atoms with E-state index in [1.54, 1.807) is 0 Å². The summed E-state index contributed by atoms with van der Waals surface area (Å²) in [4.78, 5) is 2.61. The number of fused-ring (bicyclic) bond motifs is 1. The molecule has 3 aliphatic rings. The van der Waals surface area contributed by atoms with Crippen LogP contribution in [-0.2, 0) is 0 Å². The summed E-state index contributed by atoms with van der Waals surface area (Å²) in [6.07, 6.45) is 11.7. The largest absolute Gasteiger partial charge is 0.310 e. The first-order valence-electron chi connectivity index (χ1n) is 8.20. The minimum absolute atomic E-state index is 0.760. The van der Waals surface area contributed by atoms with E-state index in [0.29, 0.717) is 0 Å². The number of nitrogens with one attached hydrogen (secondary N) is 1. The lowest BCUT2D eigenvalue weighted by atomic mass is 9.77. The Balaban J connectivity index is 1.48. The summed E-state index contributed by atoms with van der Waals surface area (Å²) in [5.74, 6) is 2.00. The summed E-state index contributed by atoms with van der Waals surface area (Å²) in [7, 11) is 2.33. The molecule has 1 saturated heterocycles. The highest BCUT2D eigenvalue weighted by molar-refractivity contribution is 4.92. The maximum atomic E-state index is 3.96. The van der Waals surface area contributed by atoms with E-state index < -0.39 is 0 Å². The zero-order chi connectivity index (χ0) is 12.5. The average molecular weight is 250 g/mol. The first-order valence-corrected chi connectivity index (χ1v) is 8.20. The van der Waals surface area contributed by atoms with E-state index in [0.717, 1.165) is 30.0 Å². The maximum absolute atomic E-state index is 3.96. The highest BCUT2D eigenvalue weighted by Gasteiger charge is 2.34. The third-order valence-corrected chi connectivity index (χ3v) is 5.75. The molecular formula is C16H30N2. The summed E-state index contributed by atoms with van der Waals surface area (Å²) >= 11 is 0. The molecule has 0 bridgehead atoms. The second-order valence-corrected chi connectivity index (χ2v) is 7.11. The monoisotopic (exact) mass is 250 g/mol. The average Bonchev–Trinajstić information content (AvgIpc) is 3.22. The van der Waals surface area contributed by atoms with Crippen LogP contribution in [0.15, 0.2) is 0 Å². The van der Waals surface area contributed by atoms with Gasteiger partial charge in [0, 0.05) is 24.7 Å². The van der Waals surface area contributed by atoms with Gasteiger partial charge in [0.2, 0.25) is 0 Å². The normalized spacial score (nSPS) is 38.5. The molecule has 0 aromatic rings. The van der Waals surface area contributed by atoms with E-state index in [-0.39, 0.29) is 0 Å². The molecule has 1 heterocycles. The molecule has 0 aromatic carbocycles. The lowest BCUT2D eigenvalue weighted by Gasteiger charge is -2.42. The van der Waals surface area contributed by atoms with Gasteiger partial charge in [-0.15, -0.1) is 0 Å². The van der Waals surface area contributed by atoms with Gasteiger partial charge < -0.3 is 10.2 Å². The van der Waals surface area contributed by atoms with Crippen LogP contribution >= 0.6 is 0 Å². The van der Waals surface area contributed by atoms with E-state index in [9.17, 15) is 0 Å². The Morgan fingerprint density at radius 2 is 1.83 bits per heavy atom. The summed E-state index contributed by atoms with van der Waals surface area (Å²) < 4.78 is 0. The second kappa shape index (κ2) is 5.50. The quantitative estimate of drug-likeness (QED) is 0.825. The Bertz CT molecular complexity index is 274. The van der Waals surface area contributed by atoms with Crippen molar-refractivity contribution in [2.24, 2.45) is 11.8 Å². The van der Waals surface area contributed by atoms with Gasteiger partial charge in [-0.3, -0.25) is 0 Å². The molecule has 2 saturated carbocycles. The van der Waals surface area contributed by atoms with Crippen LogP contribution in [0.2, 0.25) is 0 Å². The third-order valence-electron chi connectivity index (χ3n) is 5.75. The van der Waals surface area contributed by atoms with Gasteiger partial charge in [0.05, 0.1) is 0 Å². The van der Waals surface area contributed by atoms with Gasteiger partial charge in [0.1, 0.15) is 0 Å². The molecule has 4 atom stereocenters. The van der Waals surface area contributed by atoms with Crippen molar-refractivity contribution in [3.8, 4) is 0 Å². The number of rotatable bonds is 4. The fraction of sp³-hybridized carbons (Fsp3) is 1.00. The van der Waals surface area contributed by atoms with Gasteiger partial charge >= 0.3 is 0 Å². The van der Waals surface area contributed by atoms with Crippen LogP contribution in [0.3, 0.4) is 0 Å². The highest BCUT2D eigenvalue weighted by atomic mass is 15.2. The summed E-state index contributed by atoms with van der Waals surface area (Å²) in [5, 5.41) is 3.96. The van der Waals surface area contributed by atoms with Gasteiger partial charge in [0.15, 0.2) is 0 Å². The van der Waals surface area contributed by atoms with Crippen molar-refractivity contribution < 1.29 is 0 Å². The molecule has 2 heteroatoms. The Kier molecular flexibility index (Phi) is 3.95. The van der Waals surface area contributed by atoms with Crippen molar-refractivity contribution in [1.82, 2.24) is 10.2 Å². The SMILES string of the molecule is CC(C1CC1)N(C)CC1CCC2CCCCC2N1. The summed E-state index contributed by atoms with van der Waals surface area (Å²) in [6.45, 7) is 3.69. The molecule has 4 unspecified atom stereocenters. The van der Waals surface area contributed by atoms with Gasteiger partial charge in [-0.25, -0.2) is 0 Å². The lowest BCUT2D eigenvalue weighted by molar-refractivity contribution is 0.135. The second-order valence-electron chi connectivity index (χ2n) is 7.11. The molecular weight excluding hydrogens is 220 g/mol. The number of piperidine rings is 1. The lowest BCUT2D eigenvalue weighted by Crippen LogP contribution is -2.53. The number of hydrogen-bond acceptors (Lipinski definition) is 2. The van der Waals surface area contributed by atoms with Crippen LogP contribution in [0.1, 0.15) is 58.3 Å². The minimum Gasteiger partial charge on any atom is -0.310 e. The highest BCUT2D eigenvalue weighted by Crippen LogP contribution is 2.36. The molecule has 3 rings (SSSR count). The minimum atomic E-state index is 0.760. The first kappa shape index (κ1) is 12.9. The van der Waals surface area contributed by atoms with Crippen LogP contribution in [0, 0.1) is 11.8 Å². The molecule has 0 aromatic heterocycles. The summed E-state index contributed by atoms with van der Waals surface area (Å²) in [5.41, 5.74) is 0. The molecule has 1 N–H and O–H groups in total. The zero-order valence-electron chi connectivity index (χ0n) is 12.2. The first-order chi connectivity index (χ1) is 8.74. The number of likely N-dealkylation sites (N-methyl/N-ethyl adjacent to an activating group) is 1. The number of nitrogens with zero attached hydrogens (tertiary/aromatic N) is 1. The Morgan fingerprint density at radius 1 is 1.06 bits per heavy atom. The summed E-state index contributed by atoms with van der Waals surface area (Å²) in [6, 6.07) is 2.41. The fourth-order valence-electron chi connectivity index (χ4n) is 4.17. The predicted molar refractivity (Wildman–Crippen MR) is 76.7 cm³/mol. The molecule has 2 nitrogen and oxygen atoms in total. The van der Waals surface area contributed by atoms with Crippen LogP contribution in [0.5, 0.6) is 0 Å². The molecule has 0 radical (unpaired) electrons.